The van der Waals surface area contributed by atoms with E-state index in [4.69, 9.17) is 4.74 Å². The SMILES string of the molecule is COc1ccc(CC2CNC(=O)N2)cc1. The minimum Gasteiger partial charge on any atom is -0.497 e. The Morgan fingerprint density at radius 1 is 1.40 bits per heavy atom. The topological polar surface area (TPSA) is 50.4 Å². The van der Waals surface area contributed by atoms with Crippen LogP contribution in [0, 0.1) is 0 Å². The van der Waals surface area contributed by atoms with Crippen LogP contribution in [0.2, 0.25) is 0 Å². The lowest BCUT2D eigenvalue weighted by molar-refractivity contribution is 0.247. The monoisotopic (exact) mass is 206 g/mol. The molecule has 4 heteroatoms. The van der Waals surface area contributed by atoms with Crippen LogP contribution in [0.3, 0.4) is 0 Å². The van der Waals surface area contributed by atoms with Gasteiger partial charge in [0, 0.05) is 6.54 Å². The Labute approximate surface area is 88.6 Å². The minimum atomic E-state index is -0.0755. The van der Waals surface area contributed by atoms with Gasteiger partial charge in [0.25, 0.3) is 0 Å². The molecular weight excluding hydrogens is 192 g/mol. The first-order chi connectivity index (χ1) is 7.28. The van der Waals surface area contributed by atoms with Gasteiger partial charge in [-0.1, -0.05) is 12.1 Å². The number of benzene rings is 1. The zero-order chi connectivity index (χ0) is 10.7. The summed E-state index contributed by atoms with van der Waals surface area (Å²) in [5, 5.41) is 5.59. The van der Waals surface area contributed by atoms with Crippen LogP contribution in [0.5, 0.6) is 5.75 Å². The fraction of sp³-hybridized carbons (Fsp3) is 0.364. The molecule has 0 saturated carbocycles. The molecule has 80 valence electrons. The molecule has 0 aliphatic carbocycles. The maximum Gasteiger partial charge on any atom is 0.315 e. The van der Waals surface area contributed by atoms with Crippen LogP contribution in [-0.2, 0) is 6.42 Å². The van der Waals surface area contributed by atoms with E-state index in [1.54, 1.807) is 7.11 Å². The highest BCUT2D eigenvalue weighted by molar-refractivity contribution is 5.76. The molecule has 0 spiro atoms. The van der Waals surface area contributed by atoms with Gasteiger partial charge in [0.1, 0.15) is 5.75 Å². The summed E-state index contributed by atoms with van der Waals surface area (Å²) in [5.41, 5.74) is 1.20. The van der Waals surface area contributed by atoms with Crippen LogP contribution in [0.15, 0.2) is 24.3 Å². The van der Waals surface area contributed by atoms with E-state index in [9.17, 15) is 4.79 Å². The molecule has 0 radical (unpaired) electrons. The van der Waals surface area contributed by atoms with Gasteiger partial charge in [0.05, 0.1) is 13.2 Å². The summed E-state index contributed by atoms with van der Waals surface area (Å²) in [5.74, 6) is 0.854. The molecular formula is C11H14N2O2. The largest absolute Gasteiger partial charge is 0.497 e. The molecule has 1 aliphatic rings. The van der Waals surface area contributed by atoms with Crippen molar-refractivity contribution in [1.29, 1.82) is 0 Å². The Balaban J connectivity index is 1.96. The second-order valence-corrected chi connectivity index (χ2v) is 3.60. The van der Waals surface area contributed by atoms with Crippen molar-refractivity contribution in [1.82, 2.24) is 10.6 Å². The van der Waals surface area contributed by atoms with Crippen molar-refractivity contribution in [3.05, 3.63) is 29.8 Å². The van der Waals surface area contributed by atoms with Gasteiger partial charge in [-0.15, -0.1) is 0 Å². The van der Waals surface area contributed by atoms with Gasteiger partial charge in [-0.2, -0.15) is 0 Å². The van der Waals surface area contributed by atoms with Crippen molar-refractivity contribution in [2.24, 2.45) is 0 Å². The van der Waals surface area contributed by atoms with Gasteiger partial charge in [-0.3, -0.25) is 0 Å². The molecule has 0 aromatic heterocycles. The normalized spacial score (nSPS) is 19.5. The van der Waals surface area contributed by atoms with E-state index in [0.717, 1.165) is 12.2 Å². The lowest BCUT2D eigenvalue weighted by atomic mass is 10.1. The van der Waals surface area contributed by atoms with Crippen LogP contribution < -0.4 is 15.4 Å². The van der Waals surface area contributed by atoms with E-state index >= 15 is 0 Å². The first-order valence-electron chi connectivity index (χ1n) is 4.95. The molecule has 2 amide bonds. The van der Waals surface area contributed by atoms with Crippen molar-refractivity contribution in [2.45, 2.75) is 12.5 Å². The minimum absolute atomic E-state index is 0.0755. The molecule has 15 heavy (non-hydrogen) atoms. The molecule has 2 rings (SSSR count). The van der Waals surface area contributed by atoms with Crippen LogP contribution in [0.25, 0.3) is 0 Å². The standard InChI is InChI=1S/C11H14N2O2/c1-15-10-4-2-8(3-5-10)6-9-7-12-11(14)13-9/h2-5,9H,6-7H2,1H3,(H2,12,13,14). The number of carbonyl (C=O) groups excluding carboxylic acids is 1. The number of carbonyl (C=O) groups is 1. The molecule has 4 nitrogen and oxygen atoms in total. The summed E-state index contributed by atoms with van der Waals surface area (Å²) in [6.45, 7) is 0.699. The fourth-order valence-corrected chi connectivity index (χ4v) is 1.67. The Bertz CT molecular complexity index is 348. The summed E-state index contributed by atoms with van der Waals surface area (Å²) >= 11 is 0. The van der Waals surface area contributed by atoms with Gasteiger partial charge < -0.3 is 15.4 Å². The zero-order valence-corrected chi connectivity index (χ0v) is 8.62. The number of hydrogen-bond acceptors (Lipinski definition) is 2. The average molecular weight is 206 g/mol. The van der Waals surface area contributed by atoms with Crippen molar-refractivity contribution >= 4 is 6.03 Å². The van der Waals surface area contributed by atoms with Gasteiger partial charge in [-0.25, -0.2) is 4.79 Å². The third-order valence-electron chi connectivity index (χ3n) is 2.49. The fourth-order valence-electron chi connectivity index (χ4n) is 1.67. The quantitative estimate of drug-likeness (QED) is 0.772. The summed E-state index contributed by atoms with van der Waals surface area (Å²) in [7, 11) is 1.65. The summed E-state index contributed by atoms with van der Waals surface area (Å²) in [6.07, 6.45) is 0.850. The molecule has 1 atom stereocenters. The van der Waals surface area contributed by atoms with Crippen LogP contribution >= 0.6 is 0 Å². The number of nitrogens with one attached hydrogen (secondary N) is 2. The summed E-state index contributed by atoms with van der Waals surface area (Å²) in [6, 6.07) is 8.02. The van der Waals surface area contributed by atoms with E-state index in [1.165, 1.54) is 5.56 Å². The number of hydrogen-bond donors (Lipinski definition) is 2. The predicted octanol–water partition coefficient (Wildman–Crippen LogP) is 0.919. The third kappa shape index (κ3) is 2.40. The smallest absolute Gasteiger partial charge is 0.315 e. The lowest BCUT2D eigenvalue weighted by Crippen LogP contribution is -2.28. The highest BCUT2D eigenvalue weighted by Gasteiger charge is 2.19. The van der Waals surface area contributed by atoms with Gasteiger partial charge in [0.15, 0.2) is 0 Å². The average Bonchev–Trinajstić information content (AvgIpc) is 2.65. The van der Waals surface area contributed by atoms with Crippen LogP contribution in [0.4, 0.5) is 4.79 Å². The predicted molar refractivity (Wildman–Crippen MR) is 57.0 cm³/mol. The van der Waals surface area contributed by atoms with Crippen molar-refractivity contribution < 1.29 is 9.53 Å². The van der Waals surface area contributed by atoms with E-state index < -0.39 is 0 Å². The van der Waals surface area contributed by atoms with Gasteiger partial charge in [-0.05, 0) is 24.1 Å². The Kier molecular flexibility index (Phi) is 2.76. The second-order valence-electron chi connectivity index (χ2n) is 3.60. The van der Waals surface area contributed by atoms with Gasteiger partial charge >= 0.3 is 6.03 Å². The van der Waals surface area contributed by atoms with E-state index in [2.05, 4.69) is 10.6 Å². The first kappa shape index (κ1) is 9.83. The highest BCUT2D eigenvalue weighted by Crippen LogP contribution is 2.13. The Morgan fingerprint density at radius 3 is 2.67 bits per heavy atom. The number of urea groups is 1. The molecule has 1 saturated heterocycles. The molecule has 1 fully saturated rings. The van der Waals surface area contributed by atoms with E-state index in [0.29, 0.717) is 6.54 Å². The molecule has 0 bridgehead atoms. The highest BCUT2D eigenvalue weighted by atomic mass is 16.5. The Morgan fingerprint density at radius 2 is 2.13 bits per heavy atom. The number of methoxy groups -OCH3 is 1. The zero-order valence-electron chi connectivity index (χ0n) is 8.62. The van der Waals surface area contributed by atoms with E-state index in [1.807, 2.05) is 24.3 Å². The molecule has 1 heterocycles. The number of rotatable bonds is 3. The molecule has 1 aliphatic heterocycles. The molecule has 1 unspecified atom stereocenters. The number of ether oxygens (including phenoxy) is 1. The summed E-state index contributed by atoms with van der Waals surface area (Å²) in [4.78, 5) is 10.9. The van der Waals surface area contributed by atoms with Crippen LogP contribution in [0.1, 0.15) is 5.56 Å². The molecule has 2 N–H and O–H groups in total. The van der Waals surface area contributed by atoms with E-state index in [-0.39, 0.29) is 12.1 Å². The van der Waals surface area contributed by atoms with Crippen molar-refractivity contribution in [3.63, 3.8) is 0 Å². The van der Waals surface area contributed by atoms with Crippen molar-refractivity contribution in [2.75, 3.05) is 13.7 Å². The summed E-state index contributed by atoms with van der Waals surface area (Å²) < 4.78 is 5.07. The lowest BCUT2D eigenvalue weighted by Gasteiger charge is -2.08. The molecule has 1 aromatic rings. The van der Waals surface area contributed by atoms with Crippen molar-refractivity contribution in [3.8, 4) is 5.75 Å². The first-order valence-corrected chi connectivity index (χ1v) is 4.95. The van der Waals surface area contributed by atoms with Gasteiger partial charge in [0.2, 0.25) is 0 Å². The maximum absolute atomic E-state index is 10.9. The molecule has 1 aromatic carbocycles. The second kappa shape index (κ2) is 4.21. The number of amides is 2. The van der Waals surface area contributed by atoms with Crippen LogP contribution in [-0.4, -0.2) is 25.7 Å². The Hall–Kier alpha value is -1.71. The third-order valence-corrected chi connectivity index (χ3v) is 2.49. The maximum atomic E-state index is 10.9.